The third kappa shape index (κ3) is 3.82. The number of carbonyl (C=O) groups excluding carboxylic acids is 2. The number of ether oxygens (including phenoxy) is 1. The Morgan fingerprint density at radius 3 is 2.81 bits per heavy atom. The summed E-state index contributed by atoms with van der Waals surface area (Å²) in [6.07, 6.45) is 4.56. The third-order valence-corrected chi connectivity index (χ3v) is 4.54. The van der Waals surface area contributed by atoms with Crippen LogP contribution < -0.4 is 5.32 Å². The first-order valence-electron chi connectivity index (χ1n) is 8.94. The molecule has 0 bridgehead atoms. The second-order valence-corrected chi connectivity index (χ2v) is 6.37. The van der Waals surface area contributed by atoms with Gasteiger partial charge in [-0.1, -0.05) is 0 Å². The van der Waals surface area contributed by atoms with Gasteiger partial charge in [0, 0.05) is 31.5 Å². The van der Waals surface area contributed by atoms with E-state index in [1.54, 1.807) is 35.7 Å². The average Bonchev–Trinajstić information content (AvgIpc) is 3.28. The van der Waals surface area contributed by atoms with Gasteiger partial charge in [0.25, 0.3) is 5.91 Å². The van der Waals surface area contributed by atoms with Crippen molar-refractivity contribution in [3.8, 4) is 12.0 Å². The molecular formula is C19H22N4O4. The van der Waals surface area contributed by atoms with Crippen LogP contribution in [0.2, 0.25) is 0 Å². The van der Waals surface area contributed by atoms with Crippen LogP contribution in [0.3, 0.4) is 0 Å². The minimum Gasteiger partial charge on any atom is -0.450 e. The normalized spacial score (nSPS) is 16.6. The van der Waals surface area contributed by atoms with Crippen molar-refractivity contribution in [3.63, 3.8) is 0 Å². The third-order valence-electron chi connectivity index (χ3n) is 4.54. The highest BCUT2D eigenvalue weighted by molar-refractivity contribution is 5.98. The molecule has 0 aliphatic carbocycles. The molecule has 2 aromatic rings. The van der Waals surface area contributed by atoms with Crippen LogP contribution >= 0.6 is 0 Å². The molecule has 8 nitrogen and oxygen atoms in total. The van der Waals surface area contributed by atoms with Crippen LogP contribution in [0.1, 0.15) is 41.4 Å². The SMILES string of the molecule is CCOC(=O)NC1CCCN(C(=O)c2c(C)oc(-n3cccc3)c2C#N)C1. The fourth-order valence-electron chi connectivity index (χ4n) is 3.32. The van der Waals surface area contributed by atoms with E-state index in [0.717, 1.165) is 12.8 Å². The van der Waals surface area contributed by atoms with Gasteiger partial charge < -0.3 is 19.4 Å². The van der Waals surface area contributed by atoms with Gasteiger partial charge in [-0.3, -0.25) is 9.36 Å². The molecular weight excluding hydrogens is 348 g/mol. The lowest BCUT2D eigenvalue weighted by Gasteiger charge is -2.32. The Hall–Kier alpha value is -3.21. The van der Waals surface area contributed by atoms with Gasteiger partial charge in [0.15, 0.2) is 0 Å². The Labute approximate surface area is 157 Å². The molecule has 2 amide bonds. The highest BCUT2D eigenvalue weighted by Crippen LogP contribution is 2.27. The number of carbonyl (C=O) groups is 2. The van der Waals surface area contributed by atoms with Gasteiger partial charge in [-0.05, 0) is 38.8 Å². The summed E-state index contributed by atoms with van der Waals surface area (Å²) in [5.74, 6) is 0.476. The molecule has 1 saturated heterocycles. The molecule has 0 spiro atoms. The zero-order valence-electron chi connectivity index (χ0n) is 15.4. The molecule has 1 fully saturated rings. The summed E-state index contributed by atoms with van der Waals surface area (Å²) >= 11 is 0. The summed E-state index contributed by atoms with van der Waals surface area (Å²) < 4.78 is 12.3. The van der Waals surface area contributed by atoms with E-state index in [9.17, 15) is 14.9 Å². The summed E-state index contributed by atoms with van der Waals surface area (Å²) in [6, 6.07) is 5.56. The van der Waals surface area contributed by atoms with Gasteiger partial charge in [0.05, 0.1) is 6.61 Å². The first-order chi connectivity index (χ1) is 13.0. The summed E-state index contributed by atoms with van der Waals surface area (Å²) in [5, 5.41) is 12.4. The van der Waals surface area contributed by atoms with E-state index < -0.39 is 6.09 Å². The van der Waals surface area contributed by atoms with E-state index >= 15 is 0 Å². The number of rotatable bonds is 4. The van der Waals surface area contributed by atoms with Crippen molar-refractivity contribution in [1.29, 1.82) is 5.26 Å². The number of hydrogen-bond acceptors (Lipinski definition) is 5. The topological polar surface area (TPSA) is 100 Å². The molecule has 1 aliphatic heterocycles. The number of nitriles is 1. The Morgan fingerprint density at radius 2 is 2.15 bits per heavy atom. The Morgan fingerprint density at radius 1 is 1.41 bits per heavy atom. The van der Waals surface area contributed by atoms with Gasteiger partial charge in [-0.15, -0.1) is 0 Å². The highest BCUT2D eigenvalue weighted by atomic mass is 16.5. The molecule has 0 saturated carbocycles. The maximum atomic E-state index is 13.1. The summed E-state index contributed by atoms with van der Waals surface area (Å²) in [4.78, 5) is 26.4. The first-order valence-corrected chi connectivity index (χ1v) is 8.94. The van der Waals surface area contributed by atoms with Crippen molar-refractivity contribution in [1.82, 2.24) is 14.8 Å². The number of likely N-dealkylation sites (tertiary alicyclic amines) is 1. The van der Waals surface area contributed by atoms with Crippen molar-refractivity contribution in [3.05, 3.63) is 41.4 Å². The number of aryl methyl sites for hydroxylation is 1. The highest BCUT2D eigenvalue weighted by Gasteiger charge is 2.31. The van der Waals surface area contributed by atoms with Crippen molar-refractivity contribution in [2.45, 2.75) is 32.7 Å². The number of alkyl carbamates (subject to hydrolysis) is 1. The summed E-state index contributed by atoms with van der Waals surface area (Å²) in [5.41, 5.74) is 0.493. The number of nitrogens with one attached hydrogen (secondary N) is 1. The molecule has 1 atom stereocenters. The molecule has 142 valence electrons. The van der Waals surface area contributed by atoms with Crippen molar-refractivity contribution in [2.75, 3.05) is 19.7 Å². The molecule has 0 radical (unpaired) electrons. The molecule has 0 aromatic carbocycles. The van der Waals surface area contributed by atoms with E-state index in [1.165, 1.54) is 0 Å². The second kappa shape index (κ2) is 7.99. The average molecular weight is 370 g/mol. The predicted molar refractivity (Wildman–Crippen MR) is 96.6 cm³/mol. The number of furan rings is 1. The van der Waals surface area contributed by atoms with Crippen molar-refractivity contribution < 1.29 is 18.7 Å². The predicted octanol–water partition coefficient (Wildman–Crippen LogP) is 2.60. The van der Waals surface area contributed by atoms with E-state index in [2.05, 4.69) is 11.4 Å². The van der Waals surface area contributed by atoms with Crippen LogP contribution in [0, 0.1) is 18.3 Å². The number of hydrogen-bond donors (Lipinski definition) is 1. The molecule has 3 heterocycles. The van der Waals surface area contributed by atoms with Gasteiger partial charge in [0.2, 0.25) is 5.88 Å². The molecule has 8 heteroatoms. The Bertz CT molecular complexity index is 863. The zero-order chi connectivity index (χ0) is 19.4. The second-order valence-electron chi connectivity index (χ2n) is 6.37. The maximum absolute atomic E-state index is 13.1. The smallest absolute Gasteiger partial charge is 0.407 e. The van der Waals surface area contributed by atoms with Crippen LogP contribution in [-0.4, -0.2) is 47.2 Å². The lowest BCUT2D eigenvalue weighted by Crippen LogP contribution is -2.49. The monoisotopic (exact) mass is 370 g/mol. The lowest BCUT2D eigenvalue weighted by atomic mass is 10.0. The van der Waals surface area contributed by atoms with E-state index in [0.29, 0.717) is 31.3 Å². The number of amides is 2. The van der Waals surface area contributed by atoms with E-state index in [-0.39, 0.29) is 23.1 Å². The van der Waals surface area contributed by atoms with Crippen molar-refractivity contribution >= 4 is 12.0 Å². The van der Waals surface area contributed by atoms with Crippen LogP contribution in [0.15, 0.2) is 28.9 Å². The van der Waals surface area contributed by atoms with Gasteiger partial charge in [-0.25, -0.2) is 4.79 Å². The molecule has 1 aliphatic rings. The van der Waals surface area contributed by atoms with Crippen LogP contribution in [-0.2, 0) is 4.74 Å². The number of piperidine rings is 1. The van der Waals surface area contributed by atoms with Gasteiger partial charge in [0.1, 0.15) is 23.0 Å². The van der Waals surface area contributed by atoms with Crippen LogP contribution in [0.5, 0.6) is 0 Å². The molecule has 3 rings (SSSR count). The summed E-state index contributed by atoms with van der Waals surface area (Å²) in [6.45, 7) is 4.65. The standard InChI is InChI=1S/C19H22N4O4/c1-3-26-19(25)21-14-7-6-10-23(12-14)17(24)16-13(2)27-18(15(16)11-20)22-8-4-5-9-22/h4-5,8-9,14H,3,6-7,10,12H2,1-2H3,(H,21,25). The van der Waals surface area contributed by atoms with Crippen LogP contribution in [0.25, 0.3) is 5.88 Å². The van der Waals surface area contributed by atoms with Gasteiger partial charge in [-0.2, -0.15) is 5.26 Å². The fraction of sp³-hybridized carbons (Fsp3) is 0.421. The summed E-state index contributed by atoms with van der Waals surface area (Å²) in [7, 11) is 0. The molecule has 2 aromatic heterocycles. The fourth-order valence-corrected chi connectivity index (χ4v) is 3.32. The zero-order valence-corrected chi connectivity index (χ0v) is 15.4. The quantitative estimate of drug-likeness (QED) is 0.891. The van der Waals surface area contributed by atoms with E-state index in [4.69, 9.17) is 9.15 Å². The van der Waals surface area contributed by atoms with E-state index in [1.807, 2.05) is 12.1 Å². The maximum Gasteiger partial charge on any atom is 0.407 e. The van der Waals surface area contributed by atoms with Crippen molar-refractivity contribution in [2.24, 2.45) is 0 Å². The largest absolute Gasteiger partial charge is 0.450 e. The number of aromatic nitrogens is 1. The molecule has 27 heavy (non-hydrogen) atoms. The minimum atomic E-state index is -0.483. The molecule has 1 N–H and O–H groups in total. The Balaban J connectivity index is 1.81. The first kappa shape index (κ1) is 18.6. The number of nitrogens with zero attached hydrogens (tertiary/aromatic N) is 3. The lowest BCUT2D eigenvalue weighted by molar-refractivity contribution is 0.0684. The van der Waals surface area contributed by atoms with Crippen LogP contribution in [0.4, 0.5) is 4.79 Å². The minimum absolute atomic E-state index is 0.177. The Kier molecular flexibility index (Phi) is 5.50. The van der Waals surface area contributed by atoms with Gasteiger partial charge >= 0.3 is 6.09 Å². The molecule has 1 unspecified atom stereocenters.